The van der Waals surface area contributed by atoms with Gasteiger partial charge in [-0.25, -0.2) is 13.1 Å². The minimum absolute atomic E-state index is 0. The zero-order valence-corrected chi connectivity index (χ0v) is 19.2. The molecule has 0 amide bonds. The van der Waals surface area contributed by atoms with Gasteiger partial charge in [-0.2, -0.15) is 0 Å². The fourth-order valence-electron chi connectivity index (χ4n) is 3.18. The lowest BCUT2D eigenvalue weighted by molar-refractivity contribution is 0.449. The van der Waals surface area contributed by atoms with Crippen molar-refractivity contribution >= 4 is 40.0 Å². The Morgan fingerprint density at radius 2 is 1.96 bits per heavy atom. The number of benzene rings is 1. The van der Waals surface area contributed by atoms with Crippen LogP contribution in [-0.4, -0.2) is 57.3 Å². The maximum absolute atomic E-state index is 11.5. The van der Waals surface area contributed by atoms with Crippen LogP contribution in [0.2, 0.25) is 0 Å². The van der Waals surface area contributed by atoms with Crippen LogP contribution in [0.25, 0.3) is 0 Å². The molecule has 0 aromatic heterocycles. The van der Waals surface area contributed by atoms with Crippen LogP contribution in [0, 0.1) is 0 Å². The Labute approximate surface area is 174 Å². The first-order chi connectivity index (χ1) is 11.7. The van der Waals surface area contributed by atoms with E-state index in [0.717, 1.165) is 32.0 Å². The summed E-state index contributed by atoms with van der Waals surface area (Å²) < 4.78 is 25.6. The van der Waals surface area contributed by atoms with E-state index < -0.39 is 15.6 Å². The van der Waals surface area contributed by atoms with Crippen molar-refractivity contribution in [3.05, 3.63) is 35.9 Å². The molecule has 6 nitrogen and oxygen atoms in total. The number of guanidine groups is 1. The maximum atomic E-state index is 11.5. The first kappa shape index (κ1) is 23.2. The van der Waals surface area contributed by atoms with Crippen LogP contribution in [0.4, 0.5) is 0 Å². The van der Waals surface area contributed by atoms with Crippen LogP contribution in [0.5, 0.6) is 0 Å². The monoisotopic (exact) mass is 494 g/mol. The van der Waals surface area contributed by atoms with Gasteiger partial charge in [0.25, 0.3) is 0 Å². The van der Waals surface area contributed by atoms with E-state index in [2.05, 4.69) is 44.2 Å². The third-order valence-corrected chi connectivity index (χ3v) is 5.10. The van der Waals surface area contributed by atoms with Crippen LogP contribution in [0.15, 0.2) is 35.3 Å². The summed E-state index contributed by atoms with van der Waals surface area (Å²) in [4.78, 5) is 6.95. The lowest BCUT2D eigenvalue weighted by Gasteiger charge is -2.26. The number of rotatable bonds is 6. The highest BCUT2D eigenvalue weighted by Crippen LogP contribution is 2.26. The second kappa shape index (κ2) is 9.89. The van der Waals surface area contributed by atoms with E-state index in [-0.39, 0.29) is 24.0 Å². The quantitative estimate of drug-likeness (QED) is 0.362. The highest BCUT2D eigenvalue weighted by atomic mass is 127. The van der Waals surface area contributed by atoms with E-state index in [9.17, 15) is 8.42 Å². The summed E-state index contributed by atoms with van der Waals surface area (Å²) in [7, 11) is -3.26. The molecule has 2 rings (SSSR count). The second-order valence-electron chi connectivity index (χ2n) is 7.27. The molecule has 1 atom stereocenters. The lowest BCUT2D eigenvalue weighted by Crippen LogP contribution is -2.47. The van der Waals surface area contributed by atoms with E-state index in [1.807, 2.05) is 26.8 Å². The normalized spacial score (nSPS) is 18.5. The predicted molar refractivity (Wildman–Crippen MR) is 119 cm³/mol. The van der Waals surface area contributed by atoms with Gasteiger partial charge in [-0.05, 0) is 32.8 Å². The van der Waals surface area contributed by atoms with Gasteiger partial charge < -0.3 is 10.2 Å². The molecule has 1 aliphatic rings. The van der Waals surface area contributed by atoms with Crippen LogP contribution >= 0.6 is 24.0 Å². The molecule has 8 heteroatoms. The third-order valence-electron chi connectivity index (χ3n) is 4.18. The number of likely N-dealkylation sites (tertiary alicyclic amines) is 1. The van der Waals surface area contributed by atoms with Gasteiger partial charge in [0.1, 0.15) is 0 Å². The molecule has 1 heterocycles. The number of halogens is 1. The first-order valence-electron chi connectivity index (χ1n) is 8.77. The molecule has 1 aromatic carbocycles. The Hall–Kier alpha value is -0.870. The largest absolute Gasteiger partial charge is 0.357 e. The summed E-state index contributed by atoms with van der Waals surface area (Å²) in [6.07, 6.45) is 2.27. The van der Waals surface area contributed by atoms with Gasteiger partial charge in [0.2, 0.25) is 10.0 Å². The molecule has 0 aliphatic carbocycles. The molecule has 1 aliphatic heterocycles. The van der Waals surface area contributed by atoms with Crippen LogP contribution < -0.4 is 10.0 Å². The standard InChI is InChI=1S/C18H30N4O2S.HI/c1-5-19-17(20-14-18(2,3)21-25(4,23)24)22-12-11-16(13-22)15-9-7-6-8-10-15;/h6-10,16,21H,5,11-14H2,1-4H3,(H,19,20);1H. The third kappa shape index (κ3) is 7.40. The Balaban J connectivity index is 0.00000338. The molecule has 1 fully saturated rings. The van der Waals surface area contributed by atoms with Crippen molar-refractivity contribution in [1.29, 1.82) is 0 Å². The van der Waals surface area contributed by atoms with Gasteiger partial charge in [0.15, 0.2) is 5.96 Å². The van der Waals surface area contributed by atoms with Gasteiger partial charge in [-0.1, -0.05) is 30.3 Å². The van der Waals surface area contributed by atoms with Crippen molar-refractivity contribution in [2.45, 2.75) is 38.6 Å². The molecule has 1 unspecified atom stereocenters. The van der Waals surface area contributed by atoms with Crippen molar-refractivity contribution in [2.75, 3.05) is 32.4 Å². The minimum atomic E-state index is -3.26. The second-order valence-corrected chi connectivity index (χ2v) is 9.02. The summed E-state index contributed by atoms with van der Waals surface area (Å²) in [6, 6.07) is 10.6. The average Bonchev–Trinajstić information content (AvgIpc) is 3.00. The van der Waals surface area contributed by atoms with Gasteiger partial charge >= 0.3 is 0 Å². The number of hydrogen-bond donors (Lipinski definition) is 2. The van der Waals surface area contributed by atoms with Crippen LogP contribution in [-0.2, 0) is 10.0 Å². The van der Waals surface area contributed by atoms with Crippen molar-refractivity contribution < 1.29 is 8.42 Å². The predicted octanol–water partition coefficient (Wildman–Crippen LogP) is 2.39. The Morgan fingerprint density at radius 1 is 1.31 bits per heavy atom. The molecule has 0 spiro atoms. The van der Waals surface area contributed by atoms with Gasteiger partial charge in [0.05, 0.1) is 12.8 Å². The van der Waals surface area contributed by atoms with Crippen molar-refractivity contribution in [3.8, 4) is 0 Å². The molecule has 1 aromatic rings. The molecule has 0 saturated carbocycles. The number of sulfonamides is 1. The SMILES string of the molecule is CCNC(=NCC(C)(C)NS(C)(=O)=O)N1CCC(c2ccccc2)C1.I. The highest BCUT2D eigenvalue weighted by molar-refractivity contribution is 14.0. The topological polar surface area (TPSA) is 73.8 Å². The molecule has 0 radical (unpaired) electrons. The first-order valence-corrected chi connectivity index (χ1v) is 10.7. The zero-order chi connectivity index (χ0) is 18.5. The van der Waals surface area contributed by atoms with E-state index >= 15 is 0 Å². The summed E-state index contributed by atoms with van der Waals surface area (Å²) in [5.74, 6) is 1.36. The zero-order valence-electron chi connectivity index (χ0n) is 16.0. The van der Waals surface area contributed by atoms with Crippen molar-refractivity contribution in [2.24, 2.45) is 4.99 Å². The molecule has 148 valence electrons. The van der Waals surface area contributed by atoms with Crippen molar-refractivity contribution in [3.63, 3.8) is 0 Å². The number of aliphatic imine (C=N–C) groups is 1. The molecule has 2 N–H and O–H groups in total. The van der Waals surface area contributed by atoms with E-state index in [1.54, 1.807) is 0 Å². The Kier molecular flexibility index (Phi) is 8.81. The smallest absolute Gasteiger partial charge is 0.209 e. The highest BCUT2D eigenvalue weighted by Gasteiger charge is 2.27. The lowest BCUT2D eigenvalue weighted by atomic mass is 9.99. The maximum Gasteiger partial charge on any atom is 0.209 e. The molecule has 26 heavy (non-hydrogen) atoms. The summed E-state index contributed by atoms with van der Waals surface area (Å²) >= 11 is 0. The number of nitrogens with zero attached hydrogens (tertiary/aromatic N) is 2. The van der Waals surface area contributed by atoms with Gasteiger partial charge in [-0.3, -0.25) is 4.99 Å². The molecule has 1 saturated heterocycles. The molecular weight excluding hydrogens is 463 g/mol. The van der Waals surface area contributed by atoms with Gasteiger partial charge in [0, 0.05) is 31.1 Å². The summed E-state index contributed by atoms with van der Waals surface area (Å²) in [5.41, 5.74) is 0.743. The molecule has 0 bridgehead atoms. The van der Waals surface area contributed by atoms with Gasteiger partial charge in [-0.15, -0.1) is 24.0 Å². The van der Waals surface area contributed by atoms with Crippen LogP contribution in [0.3, 0.4) is 0 Å². The van der Waals surface area contributed by atoms with Crippen LogP contribution in [0.1, 0.15) is 38.7 Å². The van der Waals surface area contributed by atoms with Crippen molar-refractivity contribution in [1.82, 2.24) is 14.9 Å². The van der Waals surface area contributed by atoms with E-state index in [4.69, 9.17) is 0 Å². The van der Waals surface area contributed by atoms with E-state index in [1.165, 1.54) is 11.8 Å². The fourth-order valence-corrected chi connectivity index (χ4v) is 4.25. The Bertz CT molecular complexity index is 692. The number of hydrogen-bond acceptors (Lipinski definition) is 3. The fraction of sp³-hybridized carbons (Fsp3) is 0.611. The number of nitrogens with one attached hydrogen (secondary N) is 2. The summed E-state index contributed by atoms with van der Waals surface area (Å²) in [6.45, 7) is 8.77. The minimum Gasteiger partial charge on any atom is -0.357 e. The van der Waals surface area contributed by atoms with E-state index in [0.29, 0.717) is 12.5 Å². The summed E-state index contributed by atoms with van der Waals surface area (Å²) in [5, 5.41) is 3.33. The molecular formula is C18H31IN4O2S. The average molecular weight is 494 g/mol. The Morgan fingerprint density at radius 3 is 2.54 bits per heavy atom.